The standard InChI is InChI=1S/C15H14Cl2FN/c16-13-4-2-1-3-12(13)11(9-19)7-10-5-6-15(18)14(17)8-10/h1-6,8,11H,7,9,19H2. The van der Waals surface area contributed by atoms with Gasteiger partial charge in [-0.25, -0.2) is 4.39 Å². The van der Waals surface area contributed by atoms with E-state index in [-0.39, 0.29) is 10.9 Å². The highest BCUT2D eigenvalue weighted by molar-refractivity contribution is 6.31. The zero-order valence-electron chi connectivity index (χ0n) is 10.2. The minimum Gasteiger partial charge on any atom is -0.330 e. The number of hydrogen-bond acceptors (Lipinski definition) is 1. The van der Waals surface area contributed by atoms with Crippen LogP contribution in [-0.2, 0) is 6.42 Å². The first-order valence-electron chi connectivity index (χ1n) is 6.00. The van der Waals surface area contributed by atoms with Gasteiger partial charge in [0.2, 0.25) is 0 Å². The van der Waals surface area contributed by atoms with E-state index in [0.29, 0.717) is 18.0 Å². The molecule has 19 heavy (non-hydrogen) atoms. The summed E-state index contributed by atoms with van der Waals surface area (Å²) in [4.78, 5) is 0. The number of rotatable bonds is 4. The summed E-state index contributed by atoms with van der Waals surface area (Å²) in [6.45, 7) is 0.471. The Bertz CT molecular complexity index is 572. The topological polar surface area (TPSA) is 26.0 Å². The van der Waals surface area contributed by atoms with Gasteiger partial charge in [-0.1, -0.05) is 47.5 Å². The summed E-state index contributed by atoms with van der Waals surface area (Å²) in [6, 6.07) is 12.4. The zero-order valence-corrected chi connectivity index (χ0v) is 11.8. The van der Waals surface area contributed by atoms with Gasteiger partial charge in [0.05, 0.1) is 5.02 Å². The summed E-state index contributed by atoms with van der Waals surface area (Å²) in [5.74, 6) is -0.317. The molecule has 0 fully saturated rings. The minimum absolute atomic E-state index is 0.0928. The van der Waals surface area contributed by atoms with Gasteiger partial charge in [-0.2, -0.15) is 0 Å². The Labute approximate surface area is 122 Å². The van der Waals surface area contributed by atoms with E-state index >= 15 is 0 Å². The van der Waals surface area contributed by atoms with E-state index in [2.05, 4.69) is 0 Å². The average Bonchev–Trinajstić information content (AvgIpc) is 2.41. The molecule has 4 heteroatoms. The van der Waals surface area contributed by atoms with Crippen molar-refractivity contribution in [1.82, 2.24) is 0 Å². The summed E-state index contributed by atoms with van der Waals surface area (Å²) in [6.07, 6.45) is 0.681. The van der Waals surface area contributed by atoms with Crippen LogP contribution in [0.5, 0.6) is 0 Å². The van der Waals surface area contributed by atoms with Crippen molar-refractivity contribution in [2.45, 2.75) is 12.3 Å². The predicted molar refractivity (Wildman–Crippen MR) is 78.4 cm³/mol. The van der Waals surface area contributed by atoms with Gasteiger partial charge in [0.15, 0.2) is 0 Å². The first-order valence-corrected chi connectivity index (χ1v) is 6.76. The Morgan fingerprint density at radius 1 is 1.05 bits per heavy atom. The highest BCUT2D eigenvalue weighted by Crippen LogP contribution is 2.28. The second-order valence-electron chi connectivity index (χ2n) is 4.41. The van der Waals surface area contributed by atoms with E-state index in [9.17, 15) is 4.39 Å². The quantitative estimate of drug-likeness (QED) is 0.888. The van der Waals surface area contributed by atoms with Gasteiger partial charge in [0, 0.05) is 10.9 Å². The fraction of sp³-hybridized carbons (Fsp3) is 0.200. The molecule has 0 aliphatic carbocycles. The molecule has 1 nitrogen and oxygen atoms in total. The van der Waals surface area contributed by atoms with Gasteiger partial charge in [-0.15, -0.1) is 0 Å². The van der Waals surface area contributed by atoms with Gasteiger partial charge in [0.25, 0.3) is 0 Å². The van der Waals surface area contributed by atoms with Crippen LogP contribution in [0.4, 0.5) is 4.39 Å². The lowest BCUT2D eigenvalue weighted by Gasteiger charge is -2.17. The number of halogens is 3. The summed E-state index contributed by atoms with van der Waals surface area (Å²) in [7, 11) is 0. The normalized spacial score (nSPS) is 12.4. The Balaban J connectivity index is 2.24. The van der Waals surface area contributed by atoms with Crippen LogP contribution in [0.2, 0.25) is 10.0 Å². The molecule has 0 heterocycles. The molecular weight excluding hydrogens is 284 g/mol. The maximum absolute atomic E-state index is 13.1. The van der Waals surface area contributed by atoms with Gasteiger partial charge < -0.3 is 5.73 Å². The van der Waals surface area contributed by atoms with E-state index < -0.39 is 5.82 Å². The second-order valence-corrected chi connectivity index (χ2v) is 5.22. The molecule has 1 unspecified atom stereocenters. The van der Waals surface area contributed by atoms with E-state index in [1.807, 2.05) is 24.3 Å². The first kappa shape index (κ1) is 14.3. The molecule has 0 spiro atoms. The summed E-state index contributed by atoms with van der Waals surface area (Å²) >= 11 is 12.0. The van der Waals surface area contributed by atoms with E-state index in [1.165, 1.54) is 6.07 Å². The number of benzene rings is 2. The first-order chi connectivity index (χ1) is 9.11. The van der Waals surface area contributed by atoms with Gasteiger partial charge >= 0.3 is 0 Å². The molecule has 0 aliphatic heterocycles. The van der Waals surface area contributed by atoms with Crippen LogP contribution in [-0.4, -0.2) is 6.54 Å². The SMILES string of the molecule is NCC(Cc1ccc(F)c(Cl)c1)c1ccccc1Cl. The maximum atomic E-state index is 13.1. The number of nitrogens with two attached hydrogens (primary N) is 1. The van der Waals surface area contributed by atoms with Crippen molar-refractivity contribution in [3.05, 3.63) is 69.5 Å². The third kappa shape index (κ3) is 3.47. The van der Waals surface area contributed by atoms with E-state index in [4.69, 9.17) is 28.9 Å². The van der Waals surface area contributed by atoms with Crippen LogP contribution in [0.25, 0.3) is 0 Å². The zero-order chi connectivity index (χ0) is 13.8. The second kappa shape index (κ2) is 6.38. The van der Waals surface area contributed by atoms with Crippen molar-refractivity contribution >= 4 is 23.2 Å². The average molecular weight is 298 g/mol. The third-order valence-electron chi connectivity index (χ3n) is 3.10. The van der Waals surface area contributed by atoms with Crippen molar-refractivity contribution < 1.29 is 4.39 Å². The lowest BCUT2D eigenvalue weighted by Crippen LogP contribution is -2.15. The predicted octanol–water partition coefficient (Wildman–Crippen LogP) is 4.42. The monoisotopic (exact) mass is 297 g/mol. The van der Waals surface area contributed by atoms with E-state index in [1.54, 1.807) is 12.1 Å². The molecule has 2 N–H and O–H groups in total. The third-order valence-corrected chi connectivity index (χ3v) is 3.73. The van der Waals surface area contributed by atoms with Crippen molar-refractivity contribution in [1.29, 1.82) is 0 Å². The van der Waals surface area contributed by atoms with Crippen LogP contribution >= 0.6 is 23.2 Å². The fourth-order valence-electron chi connectivity index (χ4n) is 2.08. The largest absolute Gasteiger partial charge is 0.330 e. The van der Waals surface area contributed by atoms with Crippen LogP contribution < -0.4 is 5.73 Å². The molecule has 2 aromatic rings. The Kier molecular flexibility index (Phi) is 4.81. The molecular formula is C15H14Cl2FN. The Morgan fingerprint density at radius 3 is 2.42 bits per heavy atom. The minimum atomic E-state index is -0.410. The molecule has 0 aliphatic rings. The molecule has 1 atom stereocenters. The highest BCUT2D eigenvalue weighted by Gasteiger charge is 2.14. The molecule has 2 aromatic carbocycles. The van der Waals surface area contributed by atoms with Crippen molar-refractivity contribution in [2.75, 3.05) is 6.54 Å². The molecule has 0 radical (unpaired) electrons. The number of hydrogen-bond donors (Lipinski definition) is 1. The lowest BCUT2D eigenvalue weighted by molar-refractivity contribution is 0.625. The molecule has 0 saturated heterocycles. The molecule has 0 bridgehead atoms. The van der Waals surface area contributed by atoms with Crippen LogP contribution in [0.3, 0.4) is 0 Å². The molecule has 0 amide bonds. The molecule has 0 saturated carbocycles. The lowest BCUT2D eigenvalue weighted by atomic mass is 9.92. The van der Waals surface area contributed by atoms with Crippen molar-refractivity contribution in [2.24, 2.45) is 5.73 Å². The summed E-state index contributed by atoms with van der Waals surface area (Å²) < 4.78 is 13.1. The molecule has 0 aromatic heterocycles. The summed E-state index contributed by atoms with van der Waals surface area (Å²) in [5.41, 5.74) is 7.78. The molecule has 100 valence electrons. The van der Waals surface area contributed by atoms with Crippen LogP contribution in [0.15, 0.2) is 42.5 Å². The van der Waals surface area contributed by atoms with Gasteiger partial charge in [-0.05, 0) is 42.3 Å². The Morgan fingerprint density at radius 2 is 1.79 bits per heavy atom. The van der Waals surface area contributed by atoms with Crippen LogP contribution in [0.1, 0.15) is 17.0 Å². The van der Waals surface area contributed by atoms with Crippen molar-refractivity contribution in [3.63, 3.8) is 0 Å². The van der Waals surface area contributed by atoms with Gasteiger partial charge in [0.1, 0.15) is 5.82 Å². The Hall–Kier alpha value is -1.09. The maximum Gasteiger partial charge on any atom is 0.141 e. The fourth-order valence-corrected chi connectivity index (χ4v) is 2.57. The highest BCUT2D eigenvalue weighted by atomic mass is 35.5. The van der Waals surface area contributed by atoms with Gasteiger partial charge in [-0.3, -0.25) is 0 Å². The molecule has 2 rings (SSSR count). The van der Waals surface area contributed by atoms with Crippen molar-refractivity contribution in [3.8, 4) is 0 Å². The van der Waals surface area contributed by atoms with E-state index in [0.717, 1.165) is 11.1 Å². The smallest absolute Gasteiger partial charge is 0.141 e. The van der Waals surface area contributed by atoms with Crippen LogP contribution in [0, 0.1) is 5.82 Å². The summed E-state index contributed by atoms with van der Waals surface area (Å²) in [5, 5.41) is 0.832.